The Labute approximate surface area is 157 Å². The molecule has 4 rings (SSSR count). The van der Waals surface area contributed by atoms with E-state index in [0.717, 1.165) is 37.4 Å². The first kappa shape index (κ1) is 17.5. The number of pyridine rings is 1. The van der Waals surface area contributed by atoms with Gasteiger partial charge in [0.25, 0.3) is 0 Å². The number of ether oxygens (including phenoxy) is 1. The number of aromatic hydroxyl groups is 1. The molecule has 0 spiro atoms. The van der Waals surface area contributed by atoms with E-state index in [9.17, 15) is 9.90 Å². The molecule has 0 radical (unpaired) electrons. The molecule has 1 saturated heterocycles. The van der Waals surface area contributed by atoms with Crippen molar-refractivity contribution >= 4 is 33.2 Å². The third-order valence-corrected chi connectivity index (χ3v) is 5.49. The number of phenols is 1. The number of methoxy groups -OCH3 is 1. The highest BCUT2D eigenvalue weighted by molar-refractivity contribution is 6.00. The molecule has 0 saturated carbocycles. The molecular weight excluding hydrogens is 344 g/mol. The Morgan fingerprint density at radius 1 is 1.04 bits per heavy atom. The van der Waals surface area contributed by atoms with Gasteiger partial charge in [0.15, 0.2) is 0 Å². The summed E-state index contributed by atoms with van der Waals surface area (Å²) in [7, 11) is 5.52. The van der Waals surface area contributed by atoms with Gasteiger partial charge in [0.1, 0.15) is 11.5 Å². The zero-order valence-electron chi connectivity index (χ0n) is 15.8. The van der Waals surface area contributed by atoms with Crippen molar-refractivity contribution in [3.8, 4) is 11.5 Å². The van der Waals surface area contributed by atoms with E-state index in [2.05, 4.69) is 16.8 Å². The highest BCUT2D eigenvalue weighted by atomic mass is 16.5. The number of hydrogen-bond donors (Lipinski definition) is 2. The van der Waals surface area contributed by atoms with E-state index >= 15 is 0 Å². The highest BCUT2D eigenvalue weighted by Gasteiger charge is 2.20. The summed E-state index contributed by atoms with van der Waals surface area (Å²) in [5.41, 5.74) is 9.01. The van der Waals surface area contributed by atoms with Gasteiger partial charge in [-0.25, -0.2) is 0 Å². The van der Waals surface area contributed by atoms with Gasteiger partial charge in [-0.05, 0) is 19.2 Å². The molecule has 7 nitrogen and oxygen atoms in total. The molecule has 0 bridgehead atoms. The van der Waals surface area contributed by atoms with Gasteiger partial charge in [-0.15, -0.1) is 0 Å². The maximum Gasteiger partial charge on any atom is 0.201 e. The SMILES string of the molecule is COc1cc(O)c2c(=O)c3cc(N)c(N4CCN(C)CC4)cc3n(C)c2c1. The Balaban J connectivity index is 1.99. The Bertz CT molecular complexity index is 1100. The van der Waals surface area contributed by atoms with Crippen LogP contribution >= 0.6 is 0 Å². The van der Waals surface area contributed by atoms with Gasteiger partial charge in [0.2, 0.25) is 5.43 Å². The van der Waals surface area contributed by atoms with Crippen LogP contribution in [0.5, 0.6) is 11.5 Å². The van der Waals surface area contributed by atoms with Crippen LogP contribution in [0.4, 0.5) is 11.4 Å². The molecular formula is C20H24N4O3. The summed E-state index contributed by atoms with van der Waals surface area (Å²) in [6.07, 6.45) is 0. The van der Waals surface area contributed by atoms with Gasteiger partial charge in [0, 0.05) is 50.7 Å². The van der Waals surface area contributed by atoms with Crippen LogP contribution in [-0.4, -0.2) is 54.9 Å². The van der Waals surface area contributed by atoms with Crippen molar-refractivity contribution in [2.75, 3.05) is 51.0 Å². The van der Waals surface area contributed by atoms with Crippen molar-refractivity contribution in [1.29, 1.82) is 0 Å². The second-order valence-corrected chi connectivity index (χ2v) is 7.15. The summed E-state index contributed by atoms with van der Waals surface area (Å²) in [4.78, 5) is 17.6. The maximum absolute atomic E-state index is 13.1. The van der Waals surface area contributed by atoms with Crippen molar-refractivity contribution in [3.05, 3.63) is 34.5 Å². The number of nitrogens with two attached hydrogens (primary N) is 1. The third-order valence-electron chi connectivity index (χ3n) is 5.49. The van der Waals surface area contributed by atoms with E-state index in [1.165, 1.54) is 13.2 Å². The van der Waals surface area contributed by atoms with Crippen LogP contribution in [0.2, 0.25) is 0 Å². The average molecular weight is 368 g/mol. The molecule has 7 heteroatoms. The van der Waals surface area contributed by atoms with Gasteiger partial charge in [0.05, 0.1) is 34.9 Å². The Morgan fingerprint density at radius 3 is 2.41 bits per heavy atom. The average Bonchev–Trinajstić information content (AvgIpc) is 2.66. The Hall–Kier alpha value is -2.93. The summed E-state index contributed by atoms with van der Waals surface area (Å²) in [5.74, 6) is 0.414. The zero-order chi connectivity index (χ0) is 19.3. The second kappa shape index (κ2) is 6.35. The molecule has 0 amide bonds. The van der Waals surface area contributed by atoms with Crippen molar-refractivity contribution in [2.45, 2.75) is 0 Å². The molecule has 0 atom stereocenters. The summed E-state index contributed by atoms with van der Waals surface area (Å²) >= 11 is 0. The van der Waals surface area contributed by atoms with E-state index in [-0.39, 0.29) is 16.6 Å². The minimum atomic E-state index is -0.227. The predicted octanol–water partition coefficient (Wildman–Crippen LogP) is 1.74. The molecule has 1 aliphatic rings. The predicted molar refractivity (Wildman–Crippen MR) is 109 cm³/mol. The molecule has 3 N–H and O–H groups in total. The summed E-state index contributed by atoms with van der Waals surface area (Å²) in [6.45, 7) is 3.73. The number of likely N-dealkylation sites (N-methyl/N-ethyl adjacent to an activating group) is 1. The number of aryl methyl sites for hydroxylation is 1. The van der Waals surface area contributed by atoms with Crippen molar-refractivity contribution in [1.82, 2.24) is 9.47 Å². The zero-order valence-corrected chi connectivity index (χ0v) is 15.8. The Morgan fingerprint density at radius 2 is 1.74 bits per heavy atom. The van der Waals surface area contributed by atoms with E-state index in [0.29, 0.717) is 22.3 Å². The number of nitrogen functional groups attached to an aromatic ring is 1. The summed E-state index contributed by atoms with van der Waals surface area (Å²) < 4.78 is 7.16. The topological polar surface area (TPSA) is 84.0 Å². The number of nitrogens with zero attached hydrogens (tertiary/aromatic N) is 3. The third kappa shape index (κ3) is 2.75. The van der Waals surface area contributed by atoms with Gasteiger partial charge >= 0.3 is 0 Å². The molecule has 2 heterocycles. The first-order chi connectivity index (χ1) is 12.9. The maximum atomic E-state index is 13.1. The number of phenolic OH excluding ortho intramolecular Hbond substituents is 1. The van der Waals surface area contributed by atoms with Crippen LogP contribution in [0.3, 0.4) is 0 Å². The number of hydrogen-bond acceptors (Lipinski definition) is 6. The fraction of sp³-hybridized carbons (Fsp3) is 0.350. The van der Waals surface area contributed by atoms with Crippen molar-refractivity contribution in [2.24, 2.45) is 7.05 Å². The van der Waals surface area contributed by atoms with Crippen molar-refractivity contribution in [3.63, 3.8) is 0 Å². The van der Waals surface area contributed by atoms with Gasteiger partial charge < -0.3 is 29.9 Å². The molecule has 142 valence electrons. The van der Waals surface area contributed by atoms with E-state index < -0.39 is 0 Å². The van der Waals surface area contributed by atoms with Crippen LogP contribution in [0, 0.1) is 0 Å². The summed E-state index contributed by atoms with van der Waals surface area (Å²) in [5, 5.41) is 11.1. The normalized spacial score (nSPS) is 15.6. The quantitative estimate of drug-likeness (QED) is 0.530. The molecule has 0 aliphatic carbocycles. The molecule has 1 fully saturated rings. The lowest BCUT2D eigenvalue weighted by Crippen LogP contribution is -2.44. The molecule has 0 unspecified atom stereocenters. The number of aromatic nitrogens is 1. The lowest BCUT2D eigenvalue weighted by atomic mass is 10.1. The number of piperazine rings is 1. The van der Waals surface area contributed by atoms with Crippen LogP contribution in [-0.2, 0) is 7.05 Å². The first-order valence-corrected chi connectivity index (χ1v) is 8.97. The first-order valence-electron chi connectivity index (χ1n) is 8.97. The lowest BCUT2D eigenvalue weighted by molar-refractivity contribution is 0.313. The van der Waals surface area contributed by atoms with Gasteiger partial charge in [-0.1, -0.05) is 0 Å². The van der Waals surface area contributed by atoms with Crippen LogP contribution in [0.25, 0.3) is 21.8 Å². The van der Waals surface area contributed by atoms with Gasteiger partial charge in [-0.2, -0.15) is 0 Å². The minimum Gasteiger partial charge on any atom is -0.507 e. The molecule has 3 aromatic rings. The molecule has 1 aromatic heterocycles. The number of benzene rings is 2. The number of anilines is 2. The van der Waals surface area contributed by atoms with Crippen LogP contribution in [0.1, 0.15) is 0 Å². The van der Waals surface area contributed by atoms with E-state index in [4.69, 9.17) is 10.5 Å². The second-order valence-electron chi connectivity index (χ2n) is 7.15. The largest absolute Gasteiger partial charge is 0.507 e. The fourth-order valence-electron chi connectivity index (χ4n) is 3.84. The minimum absolute atomic E-state index is 0.0893. The lowest BCUT2D eigenvalue weighted by Gasteiger charge is -2.35. The standard InChI is InChI=1S/C20H24N4O3/c1-22-4-6-24(7-5-22)16-11-15-13(10-14(16)21)20(26)19-17(23(15)2)8-12(27-3)9-18(19)25/h8-11,25H,4-7,21H2,1-3H3. The van der Waals surface area contributed by atoms with Crippen molar-refractivity contribution < 1.29 is 9.84 Å². The summed E-state index contributed by atoms with van der Waals surface area (Å²) in [6, 6.07) is 6.93. The smallest absolute Gasteiger partial charge is 0.201 e. The van der Waals surface area contributed by atoms with Gasteiger partial charge in [-0.3, -0.25) is 4.79 Å². The van der Waals surface area contributed by atoms with E-state index in [1.807, 2.05) is 17.7 Å². The fourth-order valence-corrected chi connectivity index (χ4v) is 3.84. The van der Waals surface area contributed by atoms with E-state index in [1.54, 1.807) is 12.1 Å². The number of fused-ring (bicyclic) bond motifs is 2. The van der Waals surface area contributed by atoms with Crippen LogP contribution < -0.4 is 20.8 Å². The molecule has 27 heavy (non-hydrogen) atoms. The number of rotatable bonds is 2. The Kier molecular flexibility index (Phi) is 4.11. The molecule has 1 aliphatic heterocycles. The highest BCUT2D eigenvalue weighted by Crippen LogP contribution is 2.33. The van der Waals surface area contributed by atoms with Crippen LogP contribution in [0.15, 0.2) is 29.1 Å². The molecule has 2 aromatic carbocycles. The monoisotopic (exact) mass is 368 g/mol.